The maximum Gasteiger partial charge on any atom is 0.418 e. The van der Waals surface area contributed by atoms with Crippen LogP contribution in [0.25, 0.3) is 10.9 Å². The number of H-pyrrole nitrogens is 1. The van der Waals surface area contributed by atoms with E-state index in [1.54, 1.807) is 18.2 Å². The van der Waals surface area contributed by atoms with E-state index in [1.165, 1.54) is 43.5 Å². The zero-order chi connectivity index (χ0) is 42.5. The minimum Gasteiger partial charge on any atom is -0.496 e. The molecule has 1 aliphatic carbocycles. The normalized spacial score (nSPS) is 17.4. The van der Waals surface area contributed by atoms with E-state index < -0.39 is 46.8 Å². The molecule has 1 aromatic heterocycles. The van der Waals surface area contributed by atoms with E-state index in [0.29, 0.717) is 35.2 Å². The molecule has 3 aromatic carbocycles. The second-order valence-corrected chi connectivity index (χ2v) is 15.8. The van der Waals surface area contributed by atoms with Crippen LogP contribution in [-0.4, -0.2) is 51.2 Å². The number of para-hydroxylation sites is 1. The Kier molecular flexibility index (Phi) is 13.8. The van der Waals surface area contributed by atoms with Crippen molar-refractivity contribution in [1.82, 2.24) is 10.3 Å². The van der Waals surface area contributed by atoms with Crippen LogP contribution in [0, 0.1) is 29.5 Å². The number of carboxylic acid groups (broad SMARTS) is 1. The molecule has 310 valence electrons. The van der Waals surface area contributed by atoms with Crippen LogP contribution in [0.15, 0.2) is 60.7 Å². The van der Waals surface area contributed by atoms with Gasteiger partial charge in [0, 0.05) is 54.3 Å². The van der Waals surface area contributed by atoms with Crippen LogP contribution in [0.1, 0.15) is 92.5 Å². The van der Waals surface area contributed by atoms with Gasteiger partial charge in [0.25, 0.3) is 0 Å². The van der Waals surface area contributed by atoms with Crippen molar-refractivity contribution in [1.29, 1.82) is 0 Å². The van der Waals surface area contributed by atoms with Crippen molar-refractivity contribution < 1.29 is 46.6 Å². The molecule has 9 nitrogen and oxygen atoms in total. The molecular weight excluding hydrogens is 775 g/mol. The number of ether oxygens (including phenoxy) is 1. The number of carbonyl (C=O) groups excluding carboxylic acids is 3. The van der Waals surface area contributed by atoms with E-state index in [0.717, 1.165) is 6.07 Å². The summed E-state index contributed by atoms with van der Waals surface area (Å²) in [5.74, 6) is -4.85. The van der Waals surface area contributed by atoms with Crippen LogP contribution in [0.4, 0.5) is 23.2 Å². The highest BCUT2D eigenvalue weighted by Gasteiger charge is 2.47. The number of aromatic carboxylic acids is 1. The van der Waals surface area contributed by atoms with Gasteiger partial charge in [-0.05, 0) is 66.1 Å². The molecule has 1 heterocycles. The van der Waals surface area contributed by atoms with Gasteiger partial charge in [0.15, 0.2) is 5.78 Å². The Morgan fingerprint density at radius 3 is 2.29 bits per heavy atom. The number of halogens is 4. The lowest BCUT2D eigenvalue weighted by Gasteiger charge is -2.40. The molecule has 1 amide bonds. The third-order valence-corrected chi connectivity index (χ3v) is 12.1. The van der Waals surface area contributed by atoms with Crippen LogP contribution in [0.5, 0.6) is 5.75 Å². The number of carbonyl (C=O) groups is 4. The zero-order valence-electron chi connectivity index (χ0n) is 33.1. The van der Waals surface area contributed by atoms with Crippen molar-refractivity contribution >= 4 is 57.2 Å². The lowest BCUT2D eigenvalue weighted by molar-refractivity contribution is -0.137. The Balaban J connectivity index is 1.52. The number of hydrogen-bond donors (Lipinski definition) is 4. The highest BCUT2D eigenvalue weighted by molar-refractivity contribution is 7.80. The molecule has 0 fully saturated rings. The van der Waals surface area contributed by atoms with Crippen molar-refractivity contribution in [3.8, 4) is 5.75 Å². The van der Waals surface area contributed by atoms with Gasteiger partial charge < -0.3 is 25.5 Å². The summed E-state index contributed by atoms with van der Waals surface area (Å²) in [4.78, 5) is 58.1. The molecule has 4 aromatic rings. The topological polar surface area (TPSA) is 138 Å². The molecule has 0 radical (unpaired) electrons. The Hall–Kier alpha value is -5.11. The number of nitrogens with one attached hydrogen (secondary N) is 3. The molecular formula is C44H49F4N3O6S. The number of benzene rings is 3. The summed E-state index contributed by atoms with van der Waals surface area (Å²) in [5, 5.41) is 16.2. The van der Waals surface area contributed by atoms with Gasteiger partial charge >= 0.3 is 12.1 Å². The number of methoxy groups -OCH3 is 1. The quantitative estimate of drug-likeness (QED) is 0.0611. The Morgan fingerprint density at radius 1 is 0.966 bits per heavy atom. The van der Waals surface area contributed by atoms with E-state index >= 15 is 4.79 Å². The number of thiocarbonyl (C=S) groups is 1. The van der Waals surface area contributed by atoms with E-state index in [2.05, 4.69) is 15.6 Å². The van der Waals surface area contributed by atoms with Gasteiger partial charge in [0.1, 0.15) is 28.5 Å². The van der Waals surface area contributed by atoms with E-state index in [1.807, 2.05) is 27.7 Å². The minimum atomic E-state index is -4.64. The summed E-state index contributed by atoms with van der Waals surface area (Å²) in [6.07, 6.45) is -4.02. The first-order chi connectivity index (χ1) is 27.4. The SMILES string of the molecule is CCC(C)[C@H](CC(=O)Cc1ccccc1F)C(=O)N[C@]1(C(=O)C[C@H](C(=S)Nc2ccc(OC)c(C(=O)O)c2)C(C)CC)CCc2[nH]c3c(C(F)(F)F)cccc3c2C1. The molecule has 0 saturated heterocycles. The Labute approximate surface area is 340 Å². The van der Waals surface area contributed by atoms with Gasteiger partial charge in [0.05, 0.1) is 23.2 Å². The standard InChI is InChI=1S/C44H49F4N3O6S/c1-6-24(3)30(21-28(52)19-26-11-8-9-14-35(26)45)40(54)51-43(18-17-36-33(23-43)29-12-10-13-34(39(29)50-36)44(46,47)48)38(53)22-31(25(4)7-2)41(58)49-27-15-16-37(57-5)32(20-27)42(55)56/h8-16,20,24-25,30-31,50H,6-7,17-19,21-23H2,1-5H3,(H,49,58)(H,51,54)(H,55,56)/t24?,25?,30-,31-,43+/m0/s1. The summed E-state index contributed by atoms with van der Waals surface area (Å²) in [6, 6.07) is 14.2. The number of aromatic nitrogens is 1. The fraction of sp³-hybridized carbons (Fsp3) is 0.432. The van der Waals surface area contributed by atoms with Crippen molar-refractivity contribution in [2.24, 2.45) is 23.7 Å². The van der Waals surface area contributed by atoms with Crippen molar-refractivity contribution in [2.45, 2.75) is 90.8 Å². The number of aromatic amines is 1. The Bertz CT molecular complexity index is 2200. The largest absolute Gasteiger partial charge is 0.496 e. The lowest BCUT2D eigenvalue weighted by atomic mass is 9.72. The number of ketones is 2. The number of fused-ring (bicyclic) bond motifs is 3. The fourth-order valence-electron chi connectivity index (χ4n) is 7.88. The minimum absolute atomic E-state index is 0.0585. The highest BCUT2D eigenvalue weighted by Crippen LogP contribution is 2.41. The molecule has 0 saturated carbocycles. The Morgan fingerprint density at radius 2 is 1.66 bits per heavy atom. The second kappa shape index (κ2) is 18.2. The molecule has 1 aliphatic rings. The number of aryl methyl sites for hydroxylation is 1. The van der Waals surface area contributed by atoms with Crippen molar-refractivity contribution in [3.05, 3.63) is 94.4 Å². The molecule has 0 aliphatic heterocycles. The smallest absolute Gasteiger partial charge is 0.418 e. The predicted octanol–water partition coefficient (Wildman–Crippen LogP) is 9.30. The molecule has 5 rings (SSSR count). The van der Waals surface area contributed by atoms with Crippen LogP contribution in [0.3, 0.4) is 0 Å². The van der Waals surface area contributed by atoms with Crippen LogP contribution in [0.2, 0.25) is 0 Å². The van der Waals surface area contributed by atoms with Crippen LogP contribution < -0.4 is 15.4 Å². The van der Waals surface area contributed by atoms with Gasteiger partial charge in [-0.3, -0.25) is 14.4 Å². The van der Waals surface area contributed by atoms with Gasteiger partial charge in [-0.2, -0.15) is 13.2 Å². The monoisotopic (exact) mass is 823 g/mol. The van der Waals surface area contributed by atoms with Crippen molar-refractivity contribution in [2.75, 3.05) is 12.4 Å². The number of rotatable bonds is 17. The zero-order valence-corrected chi connectivity index (χ0v) is 34.0. The maximum atomic E-state index is 15.0. The first-order valence-electron chi connectivity index (χ1n) is 19.4. The van der Waals surface area contributed by atoms with Gasteiger partial charge in [0.2, 0.25) is 5.91 Å². The molecule has 0 spiro atoms. The summed E-state index contributed by atoms with van der Waals surface area (Å²) < 4.78 is 62.1. The molecule has 58 heavy (non-hydrogen) atoms. The number of anilines is 1. The number of hydrogen-bond acceptors (Lipinski definition) is 6. The molecule has 2 unspecified atom stereocenters. The number of Topliss-reactive ketones (excluding diaryl/α,β-unsaturated/α-hetero) is 2. The van der Waals surface area contributed by atoms with Gasteiger partial charge in [-0.15, -0.1) is 0 Å². The average molecular weight is 824 g/mol. The second-order valence-electron chi connectivity index (χ2n) is 15.4. The molecule has 14 heteroatoms. The highest BCUT2D eigenvalue weighted by atomic mass is 32.1. The number of amides is 1. The average Bonchev–Trinajstić information content (AvgIpc) is 3.56. The first kappa shape index (κ1) is 44.0. The van der Waals surface area contributed by atoms with Crippen LogP contribution >= 0.6 is 12.2 Å². The predicted molar refractivity (Wildman–Crippen MR) is 218 cm³/mol. The molecule has 4 N–H and O–H groups in total. The number of carboxylic acids is 1. The van der Waals surface area contributed by atoms with Gasteiger partial charge in [-0.25, -0.2) is 9.18 Å². The summed E-state index contributed by atoms with van der Waals surface area (Å²) in [5.41, 5.74) is -1.05. The fourth-order valence-corrected chi connectivity index (χ4v) is 8.31. The summed E-state index contributed by atoms with van der Waals surface area (Å²) in [6.45, 7) is 7.55. The first-order valence-corrected chi connectivity index (χ1v) is 19.9. The molecule has 5 atom stereocenters. The summed E-state index contributed by atoms with van der Waals surface area (Å²) in [7, 11) is 1.35. The summed E-state index contributed by atoms with van der Waals surface area (Å²) >= 11 is 5.87. The van der Waals surface area contributed by atoms with E-state index in [4.69, 9.17) is 17.0 Å². The third-order valence-electron chi connectivity index (χ3n) is 11.7. The number of alkyl halides is 3. The van der Waals surface area contributed by atoms with Gasteiger partial charge in [-0.1, -0.05) is 83.1 Å². The van der Waals surface area contributed by atoms with Crippen LogP contribution in [-0.2, 0) is 39.8 Å². The lowest BCUT2D eigenvalue weighted by Crippen LogP contribution is -2.60. The van der Waals surface area contributed by atoms with E-state index in [9.17, 15) is 37.1 Å². The molecule has 0 bridgehead atoms. The van der Waals surface area contributed by atoms with Crippen molar-refractivity contribution in [3.63, 3.8) is 0 Å². The third kappa shape index (κ3) is 9.60. The maximum absolute atomic E-state index is 15.0. The van der Waals surface area contributed by atoms with E-state index in [-0.39, 0.29) is 89.3 Å².